The van der Waals surface area contributed by atoms with E-state index in [4.69, 9.17) is 24.1 Å². The summed E-state index contributed by atoms with van der Waals surface area (Å²) in [6.07, 6.45) is -9.28. The number of esters is 2. The first-order valence-electron chi connectivity index (χ1n) is 20.8. The quantitative estimate of drug-likeness (QED) is 0.0352. The van der Waals surface area contributed by atoms with Crippen molar-refractivity contribution in [3.8, 4) is 0 Å². The molecule has 0 radical (unpaired) electrons. The van der Waals surface area contributed by atoms with Crippen molar-refractivity contribution in [3.05, 3.63) is 34.9 Å². The molecule has 0 saturated carbocycles. The Hall–Kier alpha value is -2.32. The van der Waals surface area contributed by atoms with Crippen molar-refractivity contribution in [2.75, 3.05) is 19.8 Å². The maximum Gasteiger partial charge on any atom is 0.333 e. The summed E-state index contributed by atoms with van der Waals surface area (Å²) in [5.41, 5.74) is 1.10. The summed E-state index contributed by atoms with van der Waals surface area (Å²) < 4.78 is 22.5. The molecule has 16 nitrogen and oxygen atoms in total. The normalized spacial score (nSPS) is 27.5. The van der Waals surface area contributed by atoms with Crippen molar-refractivity contribution >= 4 is 11.9 Å². The van der Waals surface area contributed by atoms with Crippen LogP contribution in [0.25, 0.3) is 0 Å². The van der Waals surface area contributed by atoms with Crippen molar-refractivity contribution < 1.29 is 79.6 Å². The second-order valence-electron chi connectivity index (χ2n) is 17.0. The molecule has 0 aliphatic carbocycles. The zero-order valence-electron chi connectivity index (χ0n) is 36.8. The number of aliphatic hydroxyl groups is 10. The van der Waals surface area contributed by atoms with Gasteiger partial charge in [-0.05, 0) is 62.5 Å². The van der Waals surface area contributed by atoms with Crippen LogP contribution in [-0.2, 0) is 28.5 Å². The molecule has 0 aromatic rings. The Morgan fingerprint density at radius 2 is 1.20 bits per heavy atom. The van der Waals surface area contributed by atoms with Crippen molar-refractivity contribution in [1.82, 2.24) is 0 Å². The molecule has 0 aromatic carbocycles. The first-order chi connectivity index (χ1) is 27.4. The van der Waals surface area contributed by atoms with Crippen LogP contribution in [0.2, 0.25) is 0 Å². The van der Waals surface area contributed by atoms with Gasteiger partial charge in [0, 0.05) is 30.3 Å². The van der Waals surface area contributed by atoms with E-state index in [1.54, 1.807) is 33.8 Å². The van der Waals surface area contributed by atoms with Gasteiger partial charge in [0.25, 0.3) is 0 Å². The van der Waals surface area contributed by atoms with Gasteiger partial charge in [-0.3, -0.25) is 4.79 Å². The first kappa shape index (κ1) is 54.7. The summed E-state index contributed by atoms with van der Waals surface area (Å²) in [7, 11) is 0. The number of aliphatic hydroxyl groups excluding tert-OH is 10. The molecule has 1 fully saturated rings. The van der Waals surface area contributed by atoms with E-state index in [9.17, 15) is 55.5 Å². The van der Waals surface area contributed by atoms with Gasteiger partial charge in [0.15, 0.2) is 12.4 Å². The second-order valence-corrected chi connectivity index (χ2v) is 17.0. The lowest BCUT2D eigenvalue weighted by atomic mass is 9.82. The number of rotatable bonds is 25. The van der Waals surface area contributed by atoms with E-state index in [0.29, 0.717) is 23.0 Å². The monoisotopic (exact) mass is 849 g/mol. The van der Waals surface area contributed by atoms with E-state index in [-0.39, 0.29) is 24.0 Å². The molecule has 0 aromatic heterocycles. The summed E-state index contributed by atoms with van der Waals surface area (Å²) in [5.74, 6) is -2.35. The summed E-state index contributed by atoms with van der Waals surface area (Å²) in [4.78, 5) is 24.3. The molecule has 18 atom stereocenters. The fourth-order valence-electron chi connectivity index (χ4n) is 7.63. The molecule has 1 aliphatic rings. The SMILES string of the molecule is CCC(C)CC(C)CC(C)C(O[C@@H]1O[C@H](COC(C)=O)[C@@H](O)[C@H](O)[C@@H]1O)C(C)/C=C(\C)C(O)C(C)/C=C(\C)C(O)C(C)/C=C(\C)C(=O)OC(C(O)CO)C(O)C(O)CO. The first-order valence-corrected chi connectivity index (χ1v) is 20.8. The van der Waals surface area contributed by atoms with Crippen LogP contribution in [0.5, 0.6) is 0 Å². The Morgan fingerprint density at radius 1 is 0.678 bits per heavy atom. The minimum absolute atomic E-state index is 0.00282. The van der Waals surface area contributed by atoms with Gasteiger partial charge < -0.3 is 70.0 Å². The summed E-state index contributed by atoms with van der Waals surface area (Å²) >= 11 is 0. The van der Waals surface area contributed by atoms with Gasteiger partial charge in [-0.25, -0.2) is 4.79 Å². The number of ether oxygens (including phenoxy) is 4. The van der Waals surface area contributed by atoms with Gasteiger partial charge in [-0.2, -0.15) is 0 Å². The van der Waals surface area contributed by atoms with Crippen molar-refractivity contribution in [2.45, 2.75) is 169 Å². The van der Waals surface area contributed by atoms with Gasteiger partial charge in [0.2, 0.25) is 0 Å². The largest absolute Gasteiger partial charge is 0.463 e. The molecule has 0 amide bonds. The van der Waals surface area contributed by atoms with Crippen LogP contribution >= 0.6 is 0 Å². The third kappa shape index (κ3) is 17.2. The van der Waals surface area contributed by atoms with Crippen LogP contribution in [-0.4, -0.2) is 156 Å². The zero-order valence-corrected chi connectivity index (χ0v) is 36.8. The molecular weight excluding hydrogens is 772 g/mol. The molecule has 344 valence electrons. The van der Waals surface area contributed by atoms with E-state index in [1.807, 2.05) is 19.9 Å². The van der Waals surface area contributed by atoms with Crippen LogP contribution < -0.4 is 0 Å². The van der Waals surface area contributed by atoms with Crippen molar-refractivity contribution in [3.63, 3.8) is 0 Å². The number of hydrogen-bond acceptors (Lipinski definition) is 16. The average molecular weight is 849 g/mol. The molecule has 0 bridgehead atoms. The lowest BCUT2D eigenvalue weighted by Crippen LogP contribution is -2.60. The maximum absolute atomic E-state index is 12.8. The molecule has 16 heteroatoms. The predicted molar refractivity (Wildman–Crippen MR) is 218 cm³/mol. The van der Waals surface area contributed by atoms with Crippen molar-refractivity contribution in [2.24, 2.45) is 35.5 Å². The molecule has 1 heterocycles. The molecule has 1 rings (SSSR count). The highest BCUT2D eigenvalue weighted by Crippen LogP contribution is 2.33. The van der Waals surface area contributed by atoms with E-state index >= 15 is 0 Å². The molecule has 10 N–H and O–H groups in total. The summed E-state index contributed by atoms with van der Waals surface area (Å²) in [5, 5.41) is 103. The van der Waals surface area contributed by atoms with Gasteiger partial charge in [-0.1, -0.05) is 73.1 Å². The molecular formula is C43H76O16. The standard InChI is InChI=1S/C43H76O16/c1-12-21(2)13-22(3)14-27(8)40(59-43-39(54)38(53)37(52)33(57-43)20-56-30(11)46)28(9)16-25(6)34(49)23(4)15-24(5)35(50)26(7)17-29(10)42(55)58-41(32(48)19-45)36(51)31(47)18-44/h15-17,21-23,26-28,31-41,43-45,47-54H,12-14,18-20H2,1-11H3/b24-15+,25-16+,29-17+/t21?,22?,23?,26?,27?,28?,31?,32?,33-,34?,35?,36?,37-,38+,39+,40?,41?,43+/m1/s1. The molecule has 59 heavy (non-hydrogen) atoms. The third-order valence-corrected chi connectivity index (χ3v) is 11.3. The smallest absolute Gasteiger partial charge is 0.333 e. The average Bonchev–Trinajstić information content (AvgIpc) is 3.18. The van der Waals surface area contributed by atoms with Crippen LogP contribution in [0, 0.1) is 35.5 Å². The van der Waals surface area contributed by atoms with Crippen LogP contribution in [0.15, 0.2) is 34.9 Å². The van der Waals surface area contributed by atoms with E-state index in [0.717, 1.165) is 19.3 Å². The Morgan fingerprint density at radius 3 is 1.71 bits per heavy atom. The lowest BCUT2D eigenvalue weighted by molar-refractivity contribution is -0.317. The molecule has 1 aliphatic heterocycles. The third-order valence-electron chi connectivity index (χ3n) is 11.3. The summed E-state index contributed by atoms with van der Waals surface area (Å²) in [6.45, 7) is 17.8. The van der Waals surface area contributed by atoms with Gasteiger partial charge in [0.1, 0.15) is 49.3 Å². The number of carbonyl (C=O) groups is 2. The van der Waals surface area contributed by atoms with E-state index in [1.165, 1.54) is 19.9 Å². The van der Waals surface area contributed by atoms with Crippen LogP contribution in [0.4, 0.5) is 0 Å². The van der Waals surface area contributed by atoms with Crippen LogP contribution in [0.3, 0.4) is 0 Å². The highest BCUT2D eigenvalue weighted by atomic mass is 16.7. The zero-order chi connectivity index (χ0) is 45.5. The molecule has 1 saturated heterocycles. The Kier molecular flexibility index (Phi) is 24.3. The topological polar surface area (TPSA) is 273 Å². The number of carbonyl (C=O) groups excluding carboxylic acids is 2. The van der Waals surface area contributed by atoms with Crippen molar-refractivity contribution in [1.29, 1.82) is 0 Å². The van der Waals surface area contributed by atoms with Crippen LogP contribution in [0.1, 0.15) is 95.4 Å². The second kappa shape index (κ2) is 26.2. The molecule has 0 spiro atoms. The lowest BCUT2D eigenvalue weighted by Gasteiger charge is -2.43. The predicted octanol–water partition coefficient (Wildman–Crippen LogP) is 1.29. The fourth-order valence-corrected chi connectivity index (χ4v) is 7.63. The van der Waals surface area contributed by atoms with E-state index in [2.05, 4.69) is 20.8 Å². The minimum Gasteiger partial charge on any atom is -0.463 e. The summed E-state index contributed by atoms with van der Waals surface area (Å²) in [6, 6.07) is 0. The minimum atomic E-state index is -1.89. The Bertz CT molecular complexity index is 1350. The van der Waals surface area contributed by atoms with Gasteiger partial charge >= 0.3 is 11.9 Å². The molecule has 13 unspecified atom stereocenters. The number of hydrogen-bond donors (Lipinski definition) is 10. The maximum atomic E-state index is 12.8. The highest BCUT2D eigenvalue weighted by Gasteiger charge is 2.46. The van der Waals surface area contributed by atoms with Gasteiger partial charge in [0.05, 0.1) is 31.5 Å². The Labute approximate surface area is 350 Å². The fraction of sp³-hybridized carbons (Fsp3) is 0.814. The van der Waals surface area contributed by atoms with E-state index < -0.39 is 110 Å². The highest BCUT2D eigenvalue weighted by molar-refractivity contribution is 5.88. The van der Waals surface area contributed by atoms with Gasteiger partial charge in [-0.15, -0.1) is 0 Å². The Balaban J connectivity index is 3.28.